The summed E-state index contributed by atoms with van der Waals surface area (Å²) in [6, 6.07) is 8.34. The van der Waals surface area contributed by atoms with Crippen LogP contribution in [0.5, 0.6) is 5.75 Å². The van der Waals surface area contributed by atoms with Crippen LogP contribution in [-0.2, 0) is 6.54 Å². The molecule has 0 heterocycles. The van der Waals surface area contributed by atoms with Gasteiger partial charge in [0.05, 0.1) is 13.7 Å². The van der Waals surface area contributed by atoms with Crippen molar-refractivity contribution in [2.45, 2.75) is 25.9 Å². The van der Waals surface area contributed by atoms with Crippen LogP contribution in [0, 0.1) is 0 Å². The molecule has 3 heteroatoms. The Morgan fingerprint density at radius 3 is 2.47 bits per heavy atom. The number of hydrogen-bond acceptors (Lipinski definition) is 2. The summed E-state index contributed by atoms with van der Waals surface area (Å²) >= 11 is 0. The van der Waals surface area contributed by atoms with Crippen molar-refractivity contribution >= 4 is 0 Å². The molecule has 0 unspecified atom stereocenters. The molecule has 1 atom stereocenters. The molecule has 0 aliphatic heterocycles. The van der Waals surface area contributed by atoms with Crippen molar-refractivity contribution < 1.29 is 15.2 Å². The van der Waals surface area contributed by atoms with Crippen molar-refractivity contribution in [2.75, 3.05) is 13.7 Å². The fourth-order valence-corrected chi connectivity index (χ4v) is 1.43. The highest BCUT2D eigenvalue weighted by molar-refractivity contribution is 5.26. The molecule has 1 aromatic rings. The Balaban J connectivity index is 2.43. The van der Waals surface area contributed by atoms with E-state index in [1.54, 1.807) is 7.11 Å². The minimum atomic E-state index is 0.243. The van der Waals surface area contributed by atoms with Gasteiger partial charge in [-0.3, -0.25) is 0 Å². The molecule has 0 amide bonds. The molecule has 15 heavy (non-hydrogen) atoms. The third kappa shape index (κ3) is 3.90. The summed E-state index contributed by atoms with van der Waals surface area (Å²) in [4.78, 5) is 0. The molecule has 0 bridgehead atoms. The fourth-order valence-electron chi connectivity index (χ4n) is 1.43. The third-order valence-electron chi connectivity index (χ3n) is 2.60. The first-order valence-corrected chi connectivity index (χ1v) is 5.37. The molecule has 84 valence electrons. The molecular formula is C12H20NO2+. The van der Waals surface area contributed by atoms with Gasteiger partial charge >= 0.3 is 0 Å². The number of aliphatic hydroxyl groups is 1. The summed E-state index contributed by atoms with van der Waals surface area (Å²) in [7, 11) is 1.67. The van der Waals surface area contributed by atoms with Gasteiger partial charge in [-0.25, -0.2) is 0 Å². The van der Waals surface area contributed by atoms with Crippen LogP contribution in [0.3, 0.4) is 0 Å². The standard InChI is InChI=1S/C12H19NO2/c1-3-11(9-14)13-8-10-4-6-12(15-2)7-5-10/h4-7,11,13-14H,3,8-9H2,1-2H3/p+1/t11-/m1/s1. The van der Waals surface area contributed by atoms with E-state index >= 15 is 0 Å². The lowest BCUT2D eigenvalue weighted by molar-refractivity contribution is -0.706. The van der Waals surface area contributed by atoms with Gasteiger partial charge < -0.3 is 15.2 Å². The van der Waals surface area contributed by atoms with Crippen LogP contribution in [-0.4, -0.2) is 24.9 Å². The zero-order valence-corrected chi connectivity index (χ0v) is 9.44. The molecule has 1 rings (SSSR count). The Morgan fingerprint density at radius 2 is 2.00 bits per heavy atom. The van der Waals surface area contributed by atoms with Gasteiger partial charge in [-0.05, 0) is 30.7 Å². The van der Waals surface area contributed by atoms with Gasteiger partial charge in [0.2, 0.25) is 0 Å². The highest BCUT2D eigenvalue weighted by atomic mass is 16.5. The number of quaternary nitrogens is 1. The minimum absolute atomic E-state index is 0.243. The van der Waals surface area contributed by atoms with Gasteiger partial charge in [-0.1, -0.05) is 6.92 Å². The lowest BCUT2D eigenvalue weighted by atomic mass is 10.2. The maximum atomic E-state index is 9.03. The van der Waals surface area contributed by atoms with E-state index < -0.39 is 0 Å². The zero-order valence-electron chi connectivity index (χ0n) is 9.44. The van der Waals surface area contributed by atoms with Crippen LogP contribution in [0.2, 0.25) is 0 Å². The predicted molar refractivity (Wildman–Crippen MR) is 59.8 cm³/mol. The summed E-state index contributed by atoms with van der Waals surface area (Å²) in [5.74, 6) is 0.882. The highest BCUT2D eigenvalue weighted by Crippen LogP contribution is 2.10. The largest absolute Gasteiger partial charge is 0.497 e. The summed E-state index contributed by atoms with van der Waals surface area (Å²) in [5, 5.41) is 11.2. The van der Waals surface area contributed by atoms with E-state index in [1.807, 2.05) is 12.1 Å². The SMILES string of the molecule is CC[C@H](CO)[NH2+]Cc1ccc(OC)cc1. The number of rotatable bonds is 6. The molecule has 0 fully saturated rings. The van der Waals surface area contributed by atoms with Crippen molar-refractivity contribution in [3.63, 3.8) is 0 Å². The second kappa shape index (κ2) is 6.43. The molecule has 0 saturated heterocycles. The number of methoxy groups -OCH3 is 1. The predicted octanol–water partition coefficient (Wildman–Crippen LogP) is 0.529. The van der Waals surface area contributed by atoms with Gasteiger partial charge in [-0.15, -0.1) is 0 Å². The molecule has 0 spiro atoms. The Bertz CT molecular complexity index is 267. The van der Waals surface area contributed by atoms with E-state index in [-0.39, 0.29) is 6.61 Å². The van der Waals surface area contributed by atoms with Gasteiger partial charge in [0.1, 0.15) is 18.3 Å². The first kappa shape index (κ1) is 12.0. The number of ether oxygens (including phenoxy) is 1. The Hall–Kier alpha value is -1.06. The summed E-state index contributed by atoms with van der Waals surface area (Å²) < 4.78 is 5.09. The van der Waals surface area contributed by atoms with Crippen LogP contribution < -0.4 is 10.1 Å². The molecule has 0 aromatic heterocycles. The molecule has 1 aromatic carbocycles. The van der Waals surface area contributed by atoms with Crippen molar-refractivity contribution in [1.29, 1.82) is 0 Å². The Kier molecular flexibility index (Phi) is 5.15. The normalized spacial score (nSPS) is 12.5. The molecule has 0 aliphatic carbocycles. The van der Waals surface area contributed by atoms with Gasteiger partial charge in [0.25, 0.3) is 0 Å². The second-order valence-corrected chi connectivity index (χ2v) is 3.64. The molecule has 0 radical (unpaired) electrons. The topological polar surface area (TPSA) is 46.1 Å². The van der Waals surface area contributed by atoms with Crippen molar-refractivity contribution in [3.05, 3.63) is 29.8 Å². The van der Waals surface area contributed by atoms with Crippen molar-refractivity contribution in [3.8, 4) is 5.75 Å². The summed E-state index contributed by atoms with van der Waals surface area (Å²) in [6.45, 7) is 3.24. The average Bonchev–Trinajstić information content (AvgIpc) is 2.31. The van der Waals surface area contributed by atoms with E-state index in [0.717, 1.165) is 18.7 Å². The van der Waals surface area contributed by atoms with Gasteiger partial charge in [0.15, 0.2) is 0 Å². The Labute approximate surface area is 91.1 Å². The van der Waals surface area contributed by atoms with Crippen molar-refractivity contribution in [1.82, 2.24) is 0 Å². The molecule has 3 N–H and O–H groups in total. The average molecular weight is 210 g/mol. The van der Waals surface area contributed by atoms with Gasteiger partial charge in [-0.2, -0.15) is 0 Å². The zero-order chi connectivity index (χ0) is 11.1. The molecule has 0 aliphatic rings. The quantitative estimate of drug-likeness (QED) is 0.719. The van der Waals surface area contributed by atoms with Crippen molar-refractivity contribution in [2.24, 2.45) is 0 Å². The van der Waals surface area contributed by atoms with Crippen LogP contribution in [0.4, 0.5) is 0 Å². The summed E-state index contributed by atoms with van der Waals surface area (Å²) in [6.07, 6.45) is 0.993. The van der Waals surface area contributed by atoms with E-state index in [1.165, 1.54) is 5.56 Å². The number of nitrogens with two attached hydrogens (primary N) is 1. The highest BCUT2D eigenvalue weighted by Gasteiger charge is 2.06. The maximum absolute atomic E-state index is 9.03. The number of aliphatic hydroxyl groups excluding tert-OH is 1. The van der Waals surface area contributed by atoms with Crippen LogP contribution in [0.15, 0.2) is 24.3 Å². The Morgan fingerprint density at radius 1 is 1.33 bits per heavy atom. The molecule has 3 nitrogen and oxygen atoms in total. The minimum Gasteiger partial charge on any atom is -0.497 e. The first-order chi connectivity index (χ1) is 7.30. The first-order valence-electron chi connectivity index (χ1n) is 5.37. The number of benzene rings is 1. The lowest BCUT2D eigenvalue weighted by Crippen LogP contribution is -2.89. The van der Waals surface area contributed by atoms with E-state index in [2.05, 4.69) is 24.4 Å². The maximum Gasteiger partial charge on any atom is 0.118 e. The smallest absolute Gasteiger partial charge is 0.118 e. The summed E-state index contributed by atoms with van der Waals surface area (Å²) in [5.41, 5.74) is 1.25. The monoisotopic (exact) mass is 210 g/mol. The number of hydrogen-bond donors (Lipinski definition) is 2. The van der Waals surface area contributed by atoms with Crippen LogP contribution >= 0.6 is 0 Å². The van der Waals surface area contributed by atoms with Crippen LogP contribution in [0.1, 0.15) is 18.9 Å². The van der Waals surface area contributed by atoms with E-state index in [4.69, 9.17) is 9.84 Å². The second-order valence-electron chi connectivity index (χ2n) is 3.64. The van der Waals surface area contributed by atoms with E-state index in [0.29, 0.717) is 6.04 Å². The molecule has 0 saturated carbocycles. The van der Waals surface area contributed by atoms with Gasteiger partial charge in [0, 0.05) is 5.56 Å². The van der Waals surface area contributed by atoms with E-state index in [9.17, 15) is 0 Å². The fraction of sp³-hybridized carbons (Fsp3) is 0.500. The van der Waals surface area contributed by atoms with Crippen LogP contribution in [0.25, 0.3) is 0 Å². The lowest BCUT2D eigenvalue weighted by Gasteiger charge is -2.10. The third-order valence-corrected chi connectivity index (χ3v) is 2.60. The molecular weight excluding hydrogens is 190 g/mol.